The third-order valence-electron chi connectivity index (χ3n) is 4.69. The van der Waals surface area contributed by atoms with E-state index in [9.17, 15) is 9.18 Å². The molecule has 2 aromatic heterocycles. The predicted octanol–water partition coefficient (Wildman–Crippen LogP) is 5.06. The number of carbonyl (C=O) groups excluding carboxylic acids is 1. The molecule has 4 nitrogen and oxygen atoms in total. The molecule has 3 aromatic rings. The van der Waals surface area contributed by atoms with Gasteiger partial charge in [-0.1, -0.05) is 17.8 Å². The maximum atomic E-state index is 13.7. The lowest BCUT2D eigenvalue weighted by atomic mass is 9.97. The number of benzene rings is 1. The highest BCUT2D eigenvalue weighted by Gasteiger charge is 2.21. The minimum Gasteiger partial charge on any atom is -0.325 e. The van der Waals surface area contributed by atoms with E-state index in [2.05, 4.69) is 15.3 Å². The molecule has 0 fully saturated rings. The highest BCUT2D eigenvalue weighted by molar-refractivity contribution is 8.00. The third kappa shape index (κ3) is 3.84. The molecule has 0 saturated heterocycles. The topological polar surface area (TPSA) is 54.9 Å². The molecule has 0 aliphatic heterocycles. The van der Waals surface area contributed by atoms with Crippen LogP contribution >= 0.6 is 23.1 Å². The summed E-state index contributed by atoms with van der Waals surface area (Å²) in [5.41, 5.74) is 2.40. The Labute approximate surface area is 165 Å². The van der Waals surface area contributed by atoms with E-state index in [1.807, 2.05) is 6.92 Å². The molecule has 1 N–H and O–H groups in total. The van der Waals surface area contributed by atoms with Gasteiger partial charge in [0.2, 0.25) is 5.91 Å². The Morgan fingerprint density at radius 1 is 1.26 bits per heavy atom. The number of nitrogens with zero attached hydrogens (tertiary/aromatic N) is 2. The number of hydrogen-bond donors (Lipinski definition) is 1. The molecular formula is C20H20FN3OS2. The third-order valence-corrected chi connectivity index (χ3v) is 6.85. The van der Waals surface area contributed by atoms with Gasteiger partial charge in [0, 0.05) is 16.0 Å². The molecule has 1 aliphatic rings. The maximum Gasteiger partial charge on any atom is 0.234 e. The number of fused-ring (bicyclic) bond motifs is 3. The summed E-state index contributed by atoms with van der Waals surface area (Å²) in [4.78, 5) is 24.0. The number of nitrogens with one attached hydrogen (secondary N) is 1. The van der Waals surface area contributed by atoms with Crippen LogP contribution in [0.2, 0.25) is 0 Å². The number of hydrogen-bond acceptors (Lipinski definition) is 5. The summed E-state index contributed by atoms with van der Waals surface area (Å²) in [6, 6.07) is 4.72. The van der Waals surface area contributed by atoms with E-state index in [1.54, 1.807) is 30.4 Å². The van der Waals surface area contributed by atoms with Crippen LogP contribution in [-0.4, -0.2) is 21.6 Å². The molecule has 4 rings (SSSR count). The van der Waals surface area contributed by atoms with Crippen LogP contribution in [0.1, 0.15) is 34.7 Å². The van der Waals surface area contributed by atoms with Gasteiger partial charge in [-0.2, -0.15) is 0 Å². The zero-order chi connectivity index (χ0) is 19.0. The molecule has 2 heterocycles. The maximum absolute atomic E-state index is 13.7. The fourth-order valence-electron chi connectivity index (χ4n) is 3.33. The van der Waals surface area contributed by atoms with Crippen molar-refractivity contribution < 1.29 is 9.18 Å². The molecule has 7 heteroatoms. The van der Waals surface area contributed by atoms with Gasteiger partial charge < -0.3 is 5.32 Å². The first-order valence-corrected chi connectivity index (χ1v) is 10.8. The van der Waals surface area contributed by atoms with Gasteiger partial charge in [-0.15, -0.1) is 11.3 Å². The molecule has 0 radical (unpaired) electrons. The van der Waals surface area contributed by atoms with E-state index in [1.165, 1.54) is 41.1 Å². The second-order valence-electron chi connectivity index (χ2n) is 6.77. The van der Waals surface area contributed by atoms with Crippen LogP contribution in [0.25, 0.3) is 10.2 Å². The van der Waals surface area contributed by atoms with Gasteiger partial charge in [0.15, 0.2) is 0 Å². The van der Waals surface area contributed by atoms with Crippen LogP contribution in [0, 0.1) is 19.7 Å². The van der Waals surface area contributed by atoms with Gasteiger partial charge in [-0.25, -0.2) is 14.4 Å². The number of thiophene rings is 1. The molecule has 27 heavy (non-hydrogen) atoms. The SMILES string of the molecule is Cc1nc(SCC(=O)Nc2ccc(C)c(F)c2)c2c3c(sc2n1)CCCC3. The quantitative estimate of drug-likeness (QED) is 0.491. The van der Waals surface area contributed by atoms with E-state index in [-0.39, 0.29) is 17.5 Å². The van der Waals surface area contributed by atoms with Gasteiger partial charge in [-0.3, -0.25) is 4.79 Å². The van der Waals surface area contributed by atoms with Crippen LogP contribution in [-0.2, 0) is 17.6 Å². The van der Waals surface area contributed by atoms with Crippen LogP contribution in [0.3, 0.4) is 0 Å². The largest absolute Gasteiger partial charge is 0.325 e. The number of anilines is 1. The highest BCUT2D eigenvalue weighted by Crippen LogP contribution is 2.39. The van der Waals surface area contributed by atoms with E-state index < -0.39 is 0 Å². The minimum absolute atomic E-state index is 0.170. The van der Waals surface area contributed by atoms with E-state index in [0.29, 0.717) is 11.3 Å². The van der Waals surface area contributed by atoms with Crippen LogP contribution in [0.5, 0.6) is 0 Å². The Bertz CT molecular complexity index is 1030. The Morgan fingerprint density at radius 3 is 2.89 bits per heavy atom. The van der Waals surface area contributed by atoms with Gasteiger partial charge in [-0.05, 0) is 62.8 Å². The molecule has 0 atom stereocenters. The first kappa shape index (κ1) is 18.4. The van der Waals surface area contributed by atoms with Gasteiger partial charge in [0.25, 0.3) is 0 Å². The lowest BCUT2D eigenvalue weighted by molar-refractivity contribution is -0.113. The molecule has 1 aromatic carbocycles. The van der Waals surface area contributed by atoms with Crippen LogP contribution in [0.4, 0.5) is 10.1 Å². The first-order valence-electron chi connectivity index (χ1n) is 8.99. The van der Waals surface area contributed by atoms with Crippen molar-refractivity contribution in [2.24, 2.45) is 0 Å². The average Bonchev–Trinajstić information content (AvgIpc) is 3.01. The Kier molecular flexibility index (Phi) is 5.14. The molecule has 0 saturated carbocycles. The lowest BCUT2D eigenvalue weighted by Crippen LogP contribution is -2.14. The van der Waals surface area contributed by atoms with Crippen molar-refractivity contribution in [2.45, 2.75) is 44.6 Å². The van der Waals surface area contributed by atoms with Crippen LogP contribution in [0.15, 0.2) is 23.2 Å². The molecule has 0 bridgehead atoms. The van der Waals surface area contributed by atoms with E-state index >= 15 is 0 Å². The summed E-state index contributed by atoms with van der Waals surface area (Å²) in [5, 5.41) is 4.76. The van der Waals surface area contributed by atoms with E-state index in [4.69, 9.17) is 0 Å². The first-order chi connectivity index (χ1) is 13.0. The molecular weight excluding hydrogens is 381 g/mol. The summed E-state index contributed by atoms with van der Waals surface area (Å²) in [6.07, 6.45) is 4.59. The smallest absolute Gasteiger partial charge is 0.234 e. The Balaban J connectivity index is 1.53. The molecule has 1 aliphatic carbocycles. The number of halogens is 1. The summed E-state index contributed by atoms with van der Waals surface area (Å²) in [5.74, 6) is 0.464. The zero-order valence-electron chi connectivity index (χ0n) is 15.3. The number of aromatic nitrogens is 2. The standard InChI is InChI=1S/C20H20FN3OS2/c1-11-7-8-13(9-15(11)21)24-17(25)10-26-19-18-14-5-3-4-6-16(14)27-20(18)23-12(2)22-19/h7-9H,3-6,10H2,1-2H3,(H,24,25). The average molecular weight is 402 g/mol. The van der Waals surface area contributed by atoms with Crippen molar-refractivity contribution >= 4 is 44.9 Å². The number of thioether (sulfide) groups is 1. The van der Waals surface area contributed by atoms with Crippen molar-refractivity contribution in [1.82, 2.24) is 9.97 Å². The fourth-order valence-corrected chi connectivity index (χ4v) is 5.60. The number of aryl methyl sites for hydroxylation is 4. The summed E-state index contributed by atoms with van der Waals surface area (Å²) < 4.78 is 13.7. The van der Waals surface area contributed by atoms with Crippen LogP contribution < -0.4 is 5.32 Å². The fraction of sp³-hybridized carbons (Fsp3) is 0.350. The second-order valence-corrected chi connectivity index (χ2v) is 8.82. The summed E-state index contributed by atoms with van der Waals surface area (Å²) in [6.45, 7) is 3.58. The Morgan fingerprint density at radius 2 is 2.07 bits per heavy atom. The van der Waals surface area contributed by atoms with Crippen molar-refractivity contribution in [1.29, 1.82) is 0 Å². The minimum atomic E-state index is -0.321. The number of rotatable bonds is 4. The molecule has 140 valence electrons. The van der Waals surface area contributed by atoms with E-state index in [0.717, 1.165) is 33.9 Å². The van der Waals surface area contributed by atoms with Gasteiger partial charge in [0.05, 0.1) is 5.75 Å². The summed E-state index contributed by atoms with van der Waals surface area (Å²) >= 11 is 3.19. The second kappa shape index (κ2) is 7.56. The summed E-state index contributed by atoms with van der Waals surface area (Å²) in [7, 11) is 0. The highest BCUT2D eigenvalue weighted by atomic mass is 32.2. The predicted molar refractivity (Wildman–Crippen MR) is 109 cm³/mol. The van der Waals surface area contributed by atoms with Crippen molar-refractivity contribution in [2.75, 3.05) is 11.1 Å². The van der Waals surface area contributed by atoms with Gasteiger partial charge in [0.1, 0.15) is 21.5 Å². The number of carbonyl (C=O) groups is 1. The van der Waals surface area contributed by atoms with Crippen molar-refractivity contribution in [3.05, 3.63) is 45.8 Å². The number of amides is 1. The van der Waals surface area contributed by atoms with Crippen molar-refractivity contribution in [3.63, 3.8) is 0 Å². The molecule has 0 unspecified atom stereocenters. The van der Waals surface area contributed by atoms with Gasteiger partial charge >= 0.3 is 0 Å². The zero-order valence-corrected chi connectivity index (χ0v) is 16.9. The molecule has 1 amide bonds. The lowest BCUT2D eigenvalue weighted by Gasteiger charge is -2.12. The molecule has 0 spiro atoms. The Hall–Kier alpha value is -1.99. The monoisotopic (exact) mass is 401 g/mol. The van der Waals surface area contributed by atoms with Crippen molar-refractivity contribution in [3.8, 4) is 0 Å². The normalized spacial score (nSPS) is 13.6.